The first kappa shape index (κ1) is 16.2. The van der Waals surface area contributed by atoms with E-state index in [0.717, 1.165) is 45.8 Å². The number of benzene rings is 2. The smallest absolute Gasteiger partial charge is 0.142 e. The zero-order valence-electron chi connectivity index (χ0n) is 14.9. The van der Waals surface area contributed by atoms with Gasteiger partial charge in [-0.2, -0.15) is 5.26 Å². The summed E-state index contributed by atoms with van der Waals surface area (Å²) >= 11 is 0. The van der Waals surface area contributed by atoms with Crippen LogP contribution in [0.5, 0.6) is 5.75 Å². The van der Waals surface area contributed by atoms with Crippen molar-refractivity contribution >= 4 is 11.3 Å². The Morgan fingerprint density at radius 1 is 1.04 bits per heavy atom. The molecule has 2 aliphatic rings. The van der Waals surface area contributed by atoms with Crippen molar-refractivity contribution in [3.8, 4) is 11.8 Å². The summed E-state index contributed by atoms with van der Waals surface area (Å²) in [5.74, 6) is 2.17. The van der Waals surface area contributed by atoms with Gasteiger partial charge in [0, 0.05) is 12.0 Å². The molecule has 0 N–H and O–H groups in total. The molecule has 0 bridgehead atoms. The Kier molecular flexibility index (Phi) is 4.10. The maximum atomic E-state index is 9.13. The van der Waals surface area contributed by atoms with Crippen molar-refractivity contribution in [3.05, 3.63) is 88.2 Å². The lowest BCUT2D eigenvalue weighted by atomic mass is 9.90. The van der Waals surface area contributed by atoms with Crippen molar-refractivity contribution in [2.45, 2.75) is 20.3 Å². The zero-order chi connectivity index (χ0) is 18.1. The van der Waals surface area contributed by atoms with Crippen LogP contribution in [0.3, 0.4) is 0 Å². The average Bonchev–Trinajstić information content (AvgIpc) is 2.81. The molecule has 2 aromatic carbocycles. The van der Waals surface area contributed by atoms with Crippen LogP contribution in [0.1, 0.15) is 28.7 Å². The molecule has 0 fully saturated rings. The Bertz CT molecular complexity index is 1000. The lowest BCUT2D eigenvalue weighted by Gasteiger charge is -2.23. The predicted molar refractivity (Wildman–Crippen MR) is 102 cm³/mol. The van der Waals surface area contributed by atoms with Gasteiger partial charge in [-0.15, -0.1) is 0 Å². The molecule has 0 saturated carbocycles. The summed E-state index contributed by atoms with van der Waals surface area (Å²) in [7, 11) is 0. The van der Waals surface area contributed by atoms with Gasteiger partial charge in [0.25, 0.3) is 0 Å². The highest BCUT2D eigenvalue weighted by Crippen LogP contribution is 2.43. The van der Waals surface area contributed by atoms with Gasteiger partial charge in [-0.3, -0.25) is 0 Å². The molecule has 2 heterocycles. The van der Waals surface area contributed by atoms with Crippen LogP contribution in [0.15, 0.2) is 65.9 Å². The fourth-order valence-electron chi connectivity index (χ4n) is 3.36. The molecule has 26 heavy (non-hydrogen) atoms. The van der Waals surface area contributed by atoms with Crippen molar-refractivity contribution in [1.29, 1.82) is 5.26 Å². The number of nitrogens with zero attached hydrogens (tertiary/aromatic N) is 1. The number of nitriles is 1. The number of hydrogen-bond donors (Lipinski definition) is 0. The number of aryl methyl sites for hydroxylation is 2. The third-order valence-electron chi connectivity index (χ3n) is 4.66. The molecule has 0 saturated heterocycles. The van der Waals surface area contributed by atoms with Crippen molar-refractivity contribution in [2.75, 3.05) is 6.61 Å². The van der Waals surface area contributed by atoms with Gasteiger partial charge in [0.05, 0.1) is 24.3 Å². The average molecular weight is 341 g/mol. The molecule has 0 spiro atoms. The minimum absolute atomic E-state index is 0.552. The monoisotopic (exact) mass is 341 g/mol. The van der Waals surface area contributed by atoms with Crippen LogP contribution < -0.4 is 4.74 Å². The van der Waals surface area contributed by atoms with E-state index in [9.17, 15) is 0 Å². The third-order valence-corrected chi connectivity index (χ3v) is 4.66. The second-order valence-electron chi connectivity index (χ2n) is 6.61. The minimum Gasteiger partial charge on any atom is -0.492 e. The maximum Gasteiger partial charge on any atom is 0.142 e. The van der Waals surface area contributed by atoms with Gasteiger partial charge in [0.2, 0.25) is 0 Å². The number of ether oxygens (including phenoxy) is 2. The Hall–Kier alpha value is -3.25. The molecule has 4 rings (SSSR count). The molecule has 0 radical (unpaired) electrons. The second-order valence-corrected chi connectivity index (χ2v) is 6.61. The van der Waals surface area contributed by atoms with E-state index < -0.39 is 0 Å². The van der Waals surface area contributed by atoms with Gasteiger partial charge in [0.1, 0.15) is 17.3 Å². The molecule has 0 aromatic heterocycles. The SMILES string of the molecule is Cc1ccc(C2=CC(=CC#N)OC3=C2CCOc2ccc(C)cc23)cc1. The first-order chi connectivity index (χ1) is 12.7. The largest absolute Gasteiger partial charge is 0.492 e. The first-order valence-corrected chi connectivity index (χ1v) is 8.69. The maximum absolute atomic E-state index is 9.13. The molecule has 128 valence electrons. The fourth-order valence-corrected chi connectivity index (χ4v) is 3.36. The van der Waals surface area contributed by atoms with E-state index in [2.05, 4.69) is 50.2 Å². The van der Waals surface area contributed by atoms with Crippen LogP contribution >= 0.6 is 0 Å². The van der Waals surface area contributed by atoms with Crippen LogP contribution in [0.2, 0.25) is 0 Å². The lowest BCUT2D eigenvalue weighted by Crippen LogP contribution is -2.06. The molecule has 3 nitrogen and oxygen atoms in total. The Labute approximate surface area is 153 Å². The summed E-state index contributed by atoms with van der Waals surface area (Å²) in [4.78, 5) is 0. The van der Waals surface area contributed by atoms with Crippen LogP contribution in [0.4, 0.5) is 0 Å². The summed E-state index contributed by atoms with van der Waals surface area (Å²) in [5.41, 5.74) is 6.62. The molecule has 0 unspecified atom stereocenters. The van der Waals surface area contributed by atoms with Crippen LogP contribution in [0.25, 0.3) is 11.3 Å². The van der Waals surface area contributed by atoms with Crippen molar-refractivity contribution in [2.24, 2.45) is 0 Å². The van der Waals surface area contributed by atoms with Crippen LogP contribution in [-0.4, -0.2) is 6.61 Å². The van der Waals surface area contributed by atoms with Gasteiger partial charge in [-0.05, 0) is 43.2 Å². The van der Waals surface area contributed by atoms with Crippen molar-refractivity contribution < 1.29 is 9.47 Å². The summed E-state index contributed by atoms with van der Waals surface area (Å²) in [6, 6.07) is 16.6. The Balaban J connectivity index is 1.94. The summed E-state index contributed by atoms with van der Waals surface area (Å²) < 4.78 is 12.1. The fraction of sp³-hybridized carbons (Fsp3) is 0.174. The van der Waals surface area contributed by atoms with Crippen LogP contribution in [0, 0.1) is 25.2 Å². The van der Waals surface area contributed by atoms with E-state index in [1.807, 2.05) is 18.2 Å². The Morgan fingerprint density at radius 2 is 1.81 bits per heavy atom. The molecule has 2 aromatic rings. The molecule has 0 aliphatic carbocycles. The first-order valence-electron chi connectivity index (χ1n) is 8.69. The second kappa shape index (κ2) is 6.57. The van der Waals surface area contributed by atoms with E-state index in [0.29, 0.717) is 12.4 Å². The van der Waals surface area contributed by atoms with E-state index >= 15 is 0 Å². The molecular formula is C23H19NO2. The predicted octanol–water partition coefficient (Wildman–Crippen LogP) is 5.32. The number of fused-ring (bicyclic) bond motifs is 2. The van der Waals surface area contributed by atoms with Gasteiger partial charge < -0.3 is 9.47 Å². The lowest BCUT2D eigenvalue weighted by molar-refractivity contribution is 0.325. The highest BCUT2D eigenvalue weighted by molar-refractivity contribution is 5.92. The summed E-state index contributed by atoms with van der Waals surface area (Å²) in [6.45, 7) is 4.72. The number of rotatable bonds is 1. The van der Waals surface area contributed by atoms with Crippen molar-refractivity contribution in [1.82, 2.24) is 0 Å². The van der Waals surface area contributed by atoms with Gasteiger partial charge in [-0.1, -0.05) is 41.5 Å². The highest BCUT2D eigenvalue weighted by atomic mass is 16.5. The summed E-state index contributed by atoms with van der Waals surface area (Å²) in [6.07, 6.45) is 4.15. The Morgan fingerprint density at radius 3 is 2.58 bits per heavy atom. The number of allylic oxidation sites excluding steroid dienone is 3. The molecule has 2 aliphatic heterocycles. The van der Waals surface area contributed by atoms with E-state index in [1.165, 1.54) is 11.6 Å². The third kappa shape index (κ3) is 2.91. The van der Waals surface area contributed by atoms with E-state index in [1.54, 1.807) is 0 Å². The zero-order valence-corrected chi connectivity index (χ0v) is 14.9. The molecule has 3 heteroatoms. The highest BCUT2D eigenvalue weighted by Gasteiger charge is 2.27. The standard InChI is InChI=1S/C23H19NO2/c1-15-3-6-17(7-4-15)20-14-18(9-11-24)26-23-19(20)10-12-25-22-8-5-16(2)13-21(22)23/h3-9,13-14H,10,12H2,1-2H3. The molecular weight excluding hydrogens is 322 g/mol. The van der Waals surface area contributed by atoms with E-state index in [-0.39, 0.29) is 0 Å². The minimum atomic E-state index is 0.552. The van der Waals surface area contributed by atoms with Gasteiger partial charge in [0.15, 0.2) is 0 Å². The van der Waals surface area contributed by atoms with Gasteiger partial charge in [-0.25, -0.2) is 0 Å². The van der Waals surface area contributed by atoms with Crippen molar-refractivity contribution in [3.63, 3.8) is 0 Å². The normalized spacial score (nSPS) is 17.3. The molecule has 0 atom stereocenters. The topological polar surface area (TPSA) is 42.2 Å². The number of hydrogen-bond acceptors (Lipinski definition) is 3. The van der Waals surface area contributed by atoms with Gasteiger partial charge >= 0.3 is 0 Å². The summed E-state index contributed by atoms with van der Waals surface area (Å²) in [5, 5.41) is 9.13. The molecule has 0 amide bonds. The van der Waals surface area contributed by atoms with Crippen LogP contribution in [-0.2, 0) is 4.74 Å². The quantitative estimate of drug-likeness (QED) is 0.659. The van der Waals surface area contributed by atoms with E-state index in [4.69, 9.17) is 14.7 Å².